The summed E-state index contributed by atoms with van der Waals surface area (Å²) in [5.41, 5.74) is -0.915. The second-order valence-corrected chi connectivity index (χ2v) is 7.00. The van der Waals surface area contributed by atoms with Gasteiger partial charge in [-0.25, -0.2) is 0 Å². The van der Waals surface area contributed by atoms with Crippen LogP contribution >= 0.6 is 10.9 Å². The van der Waals surface area contributed by atoms with Crippen LogP contribution in [0.2, 0.25) is 0 Å². The van der Waals surface area contributed by atoms with Gasteiger partial charge in [-0.15, -0.1) is 0 Å². The molecule has 3 N–H and O–H groups in total. The molecule has 2 aliphatic carbocycles. The minimum atomic E-state index is -3.58. The van der Waals surface area contributed by atoms with Crippen molar-refractivity contribution in [2.45, 2.75) is 33.1 Å². The molecule has 4 nitrogen and oxygen atoms in total. The van der Waals surface area contributed by atoms with Crippen molar-refractivity contribution in [3.05, 3.63) is 0 Å². The van der Waals surface area contributed by atoms with Gasteiger partial charge in [0.2, 0.25) is 0 Å². The Balaban J connectivity index is 2.36. The summed E-state index contributed by atoms with van der Waals surface area (Å²) in [6, 6.07) is 0. The fourth-order valence-corrected chi connectivity index (χ4v) is 4.78. The third kappa shape index (κ3) is 1.45. The molecule has 0 radical (unpaired) electrons. The van der Waals surface area contributed by atoms with Gasteiger partial charge in [-0.1, -0.05) is 13.8 Å². The van der Waals surface area contributed by atoms with Crippen LogP contribution in [-0.4, -0.2) is 25.2 Å². The van der Waals surface area contributed by atoms with Crippen molar-refractivity contribution in [1.29, 1.82) is 0 Å². The van der Waals surface area contributed by atoms with Crippen molar-refractivity contribution in [3.63, 3.8) is 0 Å². The second kappa shape index (κ2) is 2.97. The first-order valence-corrected chi connectivity index (χ1v) is 6.88. The predicted molar refractivity (Wildman–Crippen MR) is 58.9 cm³/mol. The minimum Gasteiger partial charge on any atom is -0.308 e. The Bertz CT molecular complexity index is 307. The molecule has 0 aliphatic heterocycles. The van der Waals surface area contributed by atoms with Crippen LogP contribution in [-0.2, 0) is 4.79 Å². The highest BCUT2D eigenvalue weighted by Crippen LogP contribution is 2.66. The number of Topliss-reactive ketones (excluding diaryl/α,β-unsaturated/α-hetero) is 1. The van der Waals surface area contributed by atoms with Crippen molar-refractivity contribution < 1.29 is 18.5 Å². The molecule has 0 aromatic rings. The fourth-order valence-electron chi connectivity index (χ4n) is 3.44. The molecule has 2 bridgehead atoms. The largest absolute Gasteiger partial charge is 0.308 e. The van der Waals surface area contributed by atoms with E-state index in [-0.39, 0.29) is 17.0 Å². The topological polar surface area (TPSA) is 77.8 Å². The fraction of sp³-hybridized carbons (Fsp3) is 0.900. The summed E-state index contributed by atoms with van der Waals surface area (Å²) in [4.78, 5) is 11.9. The quantitative estimate of drug-likeness (QED) is 0.686. The molecule has 2 aliphatic rings. The van der Waals surface area contributed by atoms with Crippen LogP contribution in [0, 0.1) is 16.7 Å². The maximum absolute atomic E-state index is 11.9. The van der Waals surface area contributed by atoms with Crippen molar-refractivity contribution in [2.75, 3.05) is 5.75 Å². The summed E-state index contributed by atoms with van der Waals surface area (Å²) in [6.45, 7) is 4.00. The van der Waals surface area contributed by atoms with Crippen LogP contribution in [0.1, 0.15) is 33.1 Å². The van der Waals surface area contributed by atoms with Crippen LogP contribution < -0.4 is 0 Å². The summed E-state index contributed by atoms with van der Waals surface area (Å²) in [5, 5.41) is 0. The van der Waals surface area contributed by atoms with E-state index in [1.165, 1.54) is 0 Å². The highest BCUT2D eigenvalue weighted by Gasteiger charge is 2.65. The normalized spacial score (nSPS) is 39.8. The Kier molecular flexibility index (Phi) is 2.26. The monoisotopic (exact) mass is 234 g/mol. The van der Waals surface area contributed by atoms with Gasteiger partial charge in [-0.05, 0) is 24.2 Å². The van der Waals surface area contributed by atoms with Crippen LogP contribution in [0.3, 0.4) is 0 Å². The van der Waals surface area contributed by atoms with E-state index in [0.717, 1.165) is 6.42 Å². The first-order valence-electron chi connectivity index (χ1n) is 5.21. The van der Waals surface area contributed by atoms with Gasteiger partial charge in [0.1, 0.15) is 5.78 Å². The number of rotatable bonds is 2. The van der Waals surface area contributed by atoms with Crippen molar-refractivity contribution >= 4 is 16.7 Å². The molecular formula is C10H18O4S. The Morgan fingerprint density at radius 3 is 2.33 bits per heavy atom. The summed E-state index contributed by atoms with van der Waals surface area (Å²) >= 11 is 0. The van der Waals surface area contributed by atoms with E-state index in [4.69, 9.17) is 0 Å². The van der Waals surface area contributed by atoms with Gasteiger partial charge >= 0.3 is 0 Å². The maximum Gasteiger partial charge on any atom is 0.140 e. The Labute approximate surface area is 91.2 Å². The van der Waals surface area contributed by atoms with Crippen molar-refractivity contribution in [3.8, 4) is 0 Å². The number of fused-ring (bicyclic) bond motifs is 2. The zero-order valence-electron chi connectivity index (χ0n) is 9.06. The van der Waals surface area contributed by atoms with E-state index < -0.39 is 16.3 Å². The molecule has 0 unspecified atom stereocenters. The molecule has 88 valence electrons. The van der Waals surface area contributed by atoms with E-state index in [9.17, 15) is 18.5 Å². The van der Waals surface area contributed by atoms with Crippen molar-refractivity contribution in [1.82, 2.24) is 0 Å². The van der Waals surface area contributed by atoms with E-state index in [1.54, 1.807) is 0 Å². The average Bonchev–Trinajstić information content (AvgIpc) is 2.34. The number of carbonyl (C=O) groups excluding carboxylic acids is 1. The second-order valence-electron chi connectivity index (χ2n) is 5.44. The van der Waals surface area contributed by atoms with Crippen molar-refractivity contribution in [2.24, 2.45) is 16.7 Å². The third-order valence-electron chi connectivity index (χ3n) is 4.58. The lowest BCUT2D eigenvalue weighted by molar-refractivity contribution is -0.128. The molecule has 2 saturated carbocycles. The number of hydrogen-bond donors (Lipinski definition) is 3. The highest BCUT2D eigenvalue weighted by molar-refractivity contribution is 8.19. The number of hydrogen-bond acceptors (Lipinski definition) is 4. The highest BCUT2D eigenvalue weighted by atomic mass is 32.3. The Morgan fingerprint density at radius 1 is 1.40 bits per heavy atom. The van der Waals surface area contributed by atoms with Crippen LogP contribution in [0.4, 0.5) is 0 Å². The van der Waals surface area contributed by atoms with Gasteiger partial charge in [0.15, 0.2) is 0 Å². The van der Waals surface area contributed by atoms with Gasteiger partial charge < -0.3 is 13.7 Å². The number of ketones is 1. The molecule has 0 aromatic carbocycles. The lowest BCUT2D eigenvalue weighted by Crippen LogP contribution is -2.40. The first-order chi connectivity index (χ1) is 6.69. The zero-order chi connectivity index (χ0) is 11.5. The molecule has 0 saturated heterocycles. The van der Waals surface area contributed by atoms with E-state index in [2.05, 4.69) is 0 Å². The summed E-state index contributed by atoms with van der Waals surface area (Å²) in [6.07, 6.45) is 2.16. The SMILES string of the molecule is CC1(C)[C@@H]2CC[C@]1(CS(O)(O)O)C(=O)C2. The molecule has 0 aromatic heterocycles. The summed E-state index contributed by atoms with van der Waals surface area (Å²) in [7, 11) is -3.58. The molecule has 0 heterocycles. The van der Waals surface area contributed by atoms with Gasteiger partial charge in [0, 0.05) is 11.8 Å². The first kappa shape index (κ1) is 11.4. The molecule has 2 atom stereocenters. The van der Waals surface area contributed by atoms with E-state index in [0.29, 0.717) is 18.8 Å². The van der Waals surface area contributed by atoms with Crippen LogP contribution in [0.15, 0.2) is 0 Å². The molecule has 15 heavy (non-hydrogen) atoms. The predicted octanol–water partition coefficient (Wildman–Crippen LogP) is 2.61. The standard InChI is InChI=1S/C10H18O4S/c1-9(2)7-3-4-10(9,8(11)5-7)6-15(12,13)14/h7,12-14H,3-6H2,1-2H3/t7-,10+/m1/s1. The smallest absolute Gasteiger partial charge is 0.140 e. The lowest BCUT2D eigenvalue weighted by atomic mass is 9.70. The third-order valence-corrected chi connectivity index (χ3v) is 5.46. The Hall–Kier alpha value is -0.100. The van der Waals surface area contributed by atoms with Crippen LogP contribution in [0.5, 0.6) is 0 Å². The molecule has 5 heteroatoms. The zero-order valence-corrected chi connectivity index (χ0v) is 9.88. The molecule has 2 fully saturated rings. The maximum atomic E-state index is 11.9. The van der Waals surface area contributed by atoms with E-state index in [1.807, 2.05) is 13.8 Å². The van der Waals surface area contributed by atoms with Crippen LogP contribution in [0.25, 0.3) is 0 Å². The van der Waals surface area contributed by atoms with Gasteiger partial charge in [0.25, 0.3) is 0 Å². The van der Waals surface area contributed by atoms with Gasteiger partial charge in [-0.3, -0.25) is 4.79 Å². The minimum absolute atomic E-state index is 0.0952. The summed E-state index contributed by atoms with van der Waals surface area (Å²) < 4.78 is 27.6. The summed E-state index contributed by atoms with van der Waals surface area (Å²) in [5.74, 6) is 0.257. The molecule has 0 spiro atoms. The lowest BCUT2D eigenvalue weighted by Gasteiger charge is -2.39. The van der Waals surface area contributed by atoms with Gasteiger partial charge in [0.05, 0.1) is 16.6 Å². The van der Waals surface area contributed by atoms with Gasteiger partial charge in [-0.2, -0.15) is 0 Å². The number of carbonyl (C=O) groups is 1. The molecular weight excluding hydrogens is 216 g/mol. The average molecular weight is 234 g/mol. The molecule has 2 rings (SSSR count). The molecule has 0 amide bonds. The Morgan fingerprint density at radius 2 is 2.00 bits per heavy atom. The van der Waals surface area contributed by atoms with E-state index >= 15 is 0 Å².